The highest BCUT2D eigenvalue weighted by molar-refractivity contribution is 6.39. The van der Waals surface area contributed by atoms with E-state index in [1.807, 2.05) is 18.2 Å². The van der Waals surface area contributed by atoms with Crippen molar-refractivity contribution in [1.29, 1.82) is 0 Å². The number of carbonyl (C=O) groups is 3. The first-order chi connectivity index (χ1) is 15.9. The van der Waals surface area contributed by atoms with Crippen molar-refractivity contribution in [2.24, 2.45) is 4.99 Å². The van der Waals surface area contributed by atoms with Crippen LogP contribution in [-0.2, 0) is 9.59 Å². The lowest BCUT2D eigenvalue weighted by atomic mass is 10.2. The van der Waals surface area contributed by atoms with Crippen LogP contribution in [0.25, 0.3) is 0 Å². The summed E-state index contributed by atoms with van der Waals surface area (Å²) >= 11 is 5.89. The summed E-state index contributed by atoms with van der Waals surface area (Å²) in [4.78, 5) is 46.1. The zero-order chi connectivity index (χ0) is 23.4. The van der Waals surface area contributed by atoms with Gasteiger partial charge in [-0.2, -0.15) is 0 Å². The van der Waals surface area contributed by atoms with E-state index in [0.29, 0.717) is 49.0 Å². The van der Waals surface area contributed by atoms with Crippen molar-refractivity contribution in [2.45, 2.75) is 19.4 Å². The molecule has 172 valence electrons. The van der Waals surface area contributed by atoms with Gasteiger partial charge in [0.2, 0.25) is 5.84 Å². The Kier molecular flexibility index (Phi) is 6.79. The van der Waals surface area contributed by atoms with Crippen molar-refractivity contribution >= 4 is 46.7 Å². The lowest BCUT2D eigenvalue weighted by Gasteiger charge is -2.32. The van der Waals surface area contributed by atoms with Gasteiger partial charge >= 0.3 is 6.03 Å². The second kappa shape index (κ2) is 9.91. The second-order valence-corrected chi connectivity index (χ2v) is 8.28. The van der Waals surface area contributed by atoms with Crippen molar-refractivity contribution in [3.05, 3.63) is 59.6 Å². The summed E-state index contributed by atoms with van der Waals surface area (Å²) in [5, 5.41) is 4.80. The van der Waals surface area contributed by atoms with Gasteiger partial charge in [0.05, 0.1) is 5.69 Å². The van der Waals surface area contributed by atoms with Crippen molar-refractivity contribution in [3.8, 4) is 0 Å². The number of hydrogen-bond donors (Lipinski definition) is 2. The molecule has 2 aromatic rings. The van der Waals surface area contributed by atoms with Gasteiger partial charge < -0.3 is 15.1 Å². The third kappa shape index (κ3) is 5.25. The number of amides is 4. The molecule has 2 N–H and O–H groups in total. The molecule has 4 amide bonds. The SMILES string of the molecule is CC1N=C(C(=O)N2CCCN(C(=O)Nc3ccc(Cl)cc3)CC2)NN(c2ccccc2)C1=O. The number of amidine groups is 1. The molecule has 9 nitrogen and oxygen atoms in total. The Morgan fingerprint density at radius 3 is 2.39 bits per heavy atom. The van der Waals surface area contributed by atoms with Crippen molar-refractivity contribution in [2.75, 3.05) is 36.5 Å². The number of carbonyl (C=O) groups excluding carboxylic acids is 3. The Hall–Kier alpha value is -3.59. The molecule has 1 saturated heterocycles. The molecule has 1 fully saturated rings. The molecule has 0 aromatic heterocycles. The van der Waals surface area contributed by atoms with Crippen LogP contribution >= 0.6 is 11.6 Å². The van der Waals surface area contributed by atoms with E-state index in [2.05, 4.69) is 15.7 Å². The number of hydrogen-bond acceptors (Lipinski definition) is 5. The van der Waals surface area contributed by atoms with Gasteiger partial charge in [-0.15, -0.1) is 0 Å². The van der Waals surface area contributed by atoms with Gasteiger partial charge in [0, 0.05) is 36.9 Å². The fourth-order valence-corrected chi connectivity index (χ4v) is 3.83. The zero-order valence-corrected chi connectivity index (χ0v) is 19.0. The summed E-state index contributed by atoms with van der Waals surface area (Å²) in [7, 11) is 0. The first-order valence-electron chi connectivity index (χ1n) is 10.8. The van der Waals surface area contributed by atoms with Gasteiger partial charge in [0.15, 0.2) is 0 Å². The molecule has 0 bridgehead atoms. The van der Waals surface area contributed by atoms with E-state index >= 15 is 0 Å². The van der Waals surface area contributed by atoms with Crippen LogP contribution in [0.1, 0.15) is 13.3 Å². The van der Waals surface area contributed by atoms with E-state index in [-0.39, 0.29) is 23.7 Å². The Morgan fingerprint density at radius 2 is 1.67 bits per heavy atom. The van der Waals surface area contributed by atoms with E-state index in [9.17, 15) is 14.4 Å². The van der Waals surface area contributed by atoms with Gasteiger partial charge in [-0.25, -0.2) is 14.8 Å². The number of anilines is 2. The maximum Gasteiger partial charge on any atom is 0.321 e. The van der Waals surface area contributed by atoms with Crippen LogP contribution in [0, 0.1) is 0 Å². The van der Waals surface area contributed by atoms with Crippen LogP contribution < -0.4 is 15.8 Å². The normalized spacial score (nSPS) is 18.8. The Labute approximate surface area is 197 Å². The quantitative estimate of drug-likeness (QED) is 0.723. The smallest absolute Gasteiger partial charge is 0.321 e. The first-order valence-corrected chi connectivity index (χ1v) is 11.1. The van der Waals surface area contributed by atoms with Crippen LogP contribution in [0.4, 0.5) is 16.2 Å². The van der Waals surface area contributed by atoms with Crippen LogP contribution in [0.2, 0.25) is 5.02 Å². The Morgan fingerprint density at radius 1 is 1.00 bits per heavy atom. The standard InChI is InChI=1S/C23H25ClN6O3/c1-16-21(31)30(19-6-3-2-4-7-19)27-20(25-16)22(32)28-12-5-13-29(15-14-28)23(33)26-18-10-8-17(24)9-11-18/h2-4,6-11,16H,5,12-15H2,1H3,(H,25,27)(H,26,33). The maximum absolute atomic E-state index is 13.2. The topological polar surface area (TPSA) is 97.3 Å². The summed E-state index contributed by atoms with van der Waals surface area (Å²) in [6, 6.07) is 15.1. The minimum absolute atomic E-state index is 0.116. The van der Waals surface area contributed by atoms with E-state index in [1.165, 1.54) is 5.01 Å². The number of nitrogens with zero attached hydrogens (tertiary/aromatic N) is 4. The van der Waals surface area contributed by atoms with Crippen molar-refractivity contribution in [1.82, 2.24) is 15.2 Å². The molecule has 0 spiro atoms. The fraction of sp³-hybridized carbons (Fsp3) is 0.304. The molecule has 2 heterocycles. The molecule has 1 atom stereocenters. The third-order valence-electron chi connectivity index (χ3n) is 5.50. The summed E-state index contributed by atoms with van der Waals surface area (Å²) < 4.78 is 0. The summed E-state index contributed by atoms with van der Waals surface area (Å²) in [6.45, 7) is 3.42. The molecular weight excluding hydrogens is 444 g/mol. The van der Waals surface area contributed by atoms with Crippen LogP contribution in [-0.4, -0.2) is 65.7 Å². The molecule has 2 aliphatic heterocycles. The van der Waals surface area contributed by atoms with Crippen molar-refractivity contribution < 1.29 is 14.4 Å². The highest BCUT2D eigenvalue weighted by Crippen LogP contribution is 2.17. The molecule has 2 aromatic carbocycles. The maximum atomic E-state index is 13.2. The highest BCUT2D eigenvalue weighted by atomic mass is 35.5. The van der Waals surface area contributed by atoms with E-state index in [4.69, 9.17) is 11.6 Å². The van der Waals surface area contributed by atoms with Gasteiger partial charge in [-0.05, 0) is 49.7 Å². The van der Waals surface area contributed by atoms with E-state index in [1.54, 1.807) is 53.1 Å². The third-order valence-corrected chi connectivity index (χ3v) is 5.75. The number of urea groups is 1. The number of hydrazine groups is 1. The predicted molar refractivity (Wildman–Crippen MR) is 127 cm³/mol. The molecule has 0 radical (unpaired) electrons. The summed E-state index contributed by atoms with van der Waals surface area (Å²) in [6.07, 6.45) is 0.629. The van der Waals surface area contributed by atoms with Gasteiger partial charge in [0.25, 0.3) is 11.8 Å². The average Bonchev–Trinajstić information content (AvgIpc) is 3.09. The van der Waals surface area contributed by atoms with Crippen LogP contribution in [0.5, 0.6) is 0 Å². The fourth-order valence-electron chi connectivity index (χ4n) is 3.71. The number of benzene rings is 2. The average molecular weight is 469 g/mol. The van der Waals surface area contributed by atoms with E-state index < -0.39 is 6.04 Å². The highest BCUT2D eigenvalue weighted by Gasteiger charge is 2.33. The van der Waals surface area contributed by atoms with Gasteiger partial charge in [-0.3, -0.25) is 15.0 Å². The summed E-state index contributed by atoms with van der Waals surface area (Å²) in [5.41, 5.74) is 4.17. The Bertz CT molecular complexity index is 1060. The first kappa shape index (κ1) is 22.6. The molecule has 4 rings (SSSR count). The molecule has 10 heteroatoms. The lowest BCUT2D eigenvalue weighted by Crippen LogP contribution is -2.58. The van der Waals surface area contributed by atoms with Crippen LogP contribution in [0.15, 0.2) is 59.6 Å². The zero-order valence-electron chi connectivity index (χ0n) is 18.2. The van der Waals surface area contributed by atoms with Gasteiger partial charge in [-0.1, -0.05) is 29.8 Å². The monoisotopic (exact) mass is 468 g/mol. The predicted octanol–water partition coefficient (Wildman–Crippen LogP) is 2.74. The number of aliphatic imine (C=N–C) groups is 1. The number of rotatable bonds is 3. The minimum Gasteiger partial charge on any atom is -0.334 e. The molecule has 2 aliphatic rings. The molecule has 0 aliphatic carbocycles. The molecule has 0 saturated carbocycles. The number of para-hydroxylation sites is 1. The van der Waals surface area contributed by atoms with E-state index in [0.717, 1.165) is 0 Å². The van der Waals surface area contributed by atoms with Gasteiger partial charge in [0.1, 0.15) is 6.04 Å². The molecule has 33 heavy (non-hydrogen) atoms. The van der Waals surface area contributed by atoms with Crippen molar-refractivity contribution in [3.63, 3.8) is 0 Å². The minimum atomic E-state index is -0.681. The summed E-state index contributed by atoms with van der Waals surface area (Å²) in [5.74, 6) is -0.418. The Balaban J connectivity index is 1.39. The lowest BCUT2D eigenvalue weighted by molar-refractivity contribution is -0.124. The molecular formula is C23H25ClN6O3. The number of nitrogens with one attached hydrogen (secondary N) is 2. The largest absolute Gasteiger partial charge is 0.334 e. The number of halogens is 1. The molecule has 1 unspecified atom stereocenters. The second-order valence-electron chi connectivity index (χ2n) is 7.84. The van der Waals surface area contributed by atoms with Crippen LogP contribution in [0.3, 0.4) is 0 Å².